The zero-order valence-electron chi connectivity index (χ0n) is 29.6. The van der Waals surface area contributed by atoms with E-state index in [1.807, 2.05) is 60.7 Å². The number of tetrazole rings is 1. The Labute approximate surface area is 292 Å². The van der Waals surface area contributed by atoms with Crippen LogP contribution in [-0.2, 0) is 41.7 Å². The number of hydrogen-bond acceptors (Lipinski definition) is 11. The molecule has 0 spiro atoms. The predicted octanol–water partition coefficient (Wildman–Crippen LogP) is 4.20. The minimum Gasteiger partial charge on any atom is -0.465 e. The van der Waals surface area contributed by atoms with Gasteiger partial charge in [-0.1, -0.05) is 60.7 Å². The van der Waals surface area contributed by atoms with Crippen molar-refractivity contribution in [2.45, 2.75) is 90.6 Å². The first-order valence-corrected chi connectivity index (χ1v) is 16.6. The maximum absolute atomic E-state index is 13.4. The van der Waals surface area contributed by atoms with E-state index in [1.54, 1.807) is 41.5 Å². The van der Waals surface area contributed by atoms with Crippen LogP contribution in [0.5, 0.6) is 0 Å². The molecule has 2 atom stereocenters. The van der Waals surface area contributed by atoms with E-state index in [0.29, 0.717) is 19.4 Å². The second-order valence-corrected chi connectivity index (χ2v) is 13.1. The fourth-order valence-electron chi connectivity index (χ4n) is 4.49. The first kappa shape index (κ1) is 39.4. The van der Waals surface area contributed by atoms with Gasteiger partial charge in [0.1, 0.15) is 23.8 Å². The highest BCUT2D eigenvalue weighted by Gasteiger charge is 2.34. The van der Waals surface area contributed by atoms with Gasteiger partial charge in [-0.05, 0) is 75.9 Å². The van der Waals surface area contributed by atoms with Gasteiger partial charge in [0.15, 0.2) is 5.82 Å². The summed E-state index contributed by atoms with van der Waals surface area (Å²) < 4.78 is 23.3. The van der Waals surface area contributed by atoms with Crippen molar-refractivity contribution in [2.75, 3.05) is 26.4 Å². The SMILES string of the molecule is CC(C(=O)OCCCCNC(=O)OCCn1nnnc1[C@@H](COCc1ccccc1)NC(=O)C(C)(C)NC(=O)OC(C)(C)C)c1ccccc1. The Morgan fingerprint density at radius 2 is 1.54 bits per heavy atom. The third-order valence-corrected chi connectivity index (χ3v) is 7.23. The molecule has 0 bridgehead atoms. The number of nitrogens with zero attached hydrogens (tertiary/aromatic N) is 4. The number of benzene rings is 2. The number of rotatable bonds is 18. The summed E-state index contributed by atoms with van der Waals surface area (Å²) in [5, 5.41) is 20.0. The highest BCUT2D eigenvalue weighted by Crippen LogP contribution is 2.17. The minimum atomic E-state index is -1.36. The summed E-state index contributed by atoms with van der Waals surface area (Å²) in [6.07, 6.45) is -0.208. The molecule has 0 radical (unpaired) electrons. The van der Waals surface area contributed by atoms with E-state index in [-0.39, 0.29) is 50.7 Å². The normalized spacial score (nSPS) is 12.7. The van der Waals surface area contributed by atoms with Crippen LogP contribution < -0.4 is 16.0 Å². The Hall–Kier alpha value is -5.05. The smallest absolute Gasteiger partial charge is 0.408 e. The Morgan fingerprint density at radius 3 is 2.22 bits per heavy atom. The van der Waals surface area contributed by atoms with Crippen LogP contribution in [0.2, 0.25) is 0 Å². The largest absolute Gasteiger partial charge is 0.465 e. The second kappa shape index (κ2) is 19.2. The van der Waals surface area contributed by atoms with Crippen LogP contribution in [0.15, 0.2) is 60.7 Å². The molecular formula is C35H49N7O8. The average Bonchev–Trinajstić information content (AvgIpc) is 3.53. The van der Waals surface area contributed by atoms with Crippen LogP contribution in [0.4, 0.5) is 9.59 Å². The van der Waals surface area contributed by atoms with Crippen molar-refractivity contribution in [3.8, 4) is 0 Å². The minimum absolute atomic E-state index is 0.00530. The van der Waals surface area contributed by atoms with Crippen molar-refractivity contribution in [2.24, 2.45) is 0 Å². The molecule has 0 aliphatic rings. The second-order valence-electron chi connectivity index (χ2n) is 13.1. The number of nitrogens with one attached hydrogen (secondary N) is 3. The molecule has 0 saturated carbocycles. The standard InChI is InChI=1S/C35H49N7O8/c1-25(27-17-11-8-12-18-27)30(43)48-21-14-13-19-36-32(45)49-22-20-42-29(39-40-41-42)28(24-47-23-26-15-9-7-10-16-26)37-31(44)35(5,6)38-33(46)50-34(2,3)4/h7-12,15-18,25,28H,13-14,19-24H2,1-6H3,(H,36,45)(H,37,44)(H,38,46)/t25?,28-/m1/s1. The van der Waals surface area contributed by atoms with Gasteiger partial charge >= 0.3 is 18.2 Å². The fourth-order valence-corrected chi connectivity index (χ4v) is 4.49. The molecule has 272 valence electrons. The number of ether oxygens (including phenoxy) is 4. The topological polar surface area (TPSA) is 185 Å². The van der Waals surface area contributed by atoms with Crippen LogP contribution in [0.1, 0.15) is 83.3 Å². The number of unbranched alkanes of at least 4 members (excludes halogenated alkanes) is 1. The first-order chi connectivity index (χ1) is 23.7. The van der Waals surface area contributed by atoms with Crippen molar-refractivity contribution < 1.29 is 38.1 Å². The molecule has 0 aliphatic heterocycles. The monoisotopic (exact) mass is 695 g/mol. The Bertz CT molecular complexity index is 1510. The van der Waals surface area contributed by atoms with E-state index in [9.17, 15) is 19.2 Å². The lowest BCUT2D eigenvalue weighted by atomic mass is 10.0. The number of amides is 3. The Morgan fingerprint density at radius 1 is 0.860 bits per heavy atom. The van der Waals surface area contributed by atoms with E-state index >= 15 is 0 Å². The molecule has 0 saturated heterocycles. The maximum atomic E-state index is 13.4. The molecule has 0 fully saturated rings. The molecule has 2 aromatic carbocycles. The summed E-state index contributed by atoms with van der Waals surface area (Å²) in [5.74, 6) is -0.912. The highest BCUT2D eigenvalue weighted by atomic mass is 16.6. The van der Waals surface area contributed by atoms with Crippen molar-refractivity contribution in [3.63, 3.8) is 0 Å². The summed E-state index contributed by atoms with van der Waals surface area (Å²) in [6, 6.07) is 18.1. The van der Waals surface area contributed by atoms with Gasteiger partial charge < -0.3 is 34.9 Å². The lowest BCUT2D eigenvalue weighted by molar-refractivity contribution is -0.145. The average molecular weight is 696 g/mol. The fraction of sp³-hybridized carbons (Fsp3) is 0.514. The summed E-state index contributed by atoms with van der Waals surface area (Å²) in [5.41, 5.74) is -0.281. The van der Waals surface area contributed by atoms with Gasteiger partial charge in [-0.3, -0.25) is 9.59 Å². The Kier molecular flexibility index (Phi) is 15.1. The quantitative estimate of drug-likeness (QED) is 0.0984. The van der Waals surface area contributed by atoms with Crippen molar-refractivity contribution in [1.29, 1.82) is 0 Å². The number of carbonyl (C=O) groups is 4. The van der Waals surface area contributed by atoms with E-state index < -0.39 is 35.3 Å². The van der Waals surface area contributed by atoms with Crippen molar-refractivity contribution >= 4 is 24.1 Å². The summed E-state index contributed by atoms with van der Waals surface area (Å²) in [7, 11) is 0. The summed E-state index contributed by atoms with van der Waals surface area (Å²) in [4.78, 5) is 50.4. The van der Waals surface area contributed by atoms with Gasteiger partial charge in [-0.15, -0.1) is 5.10 Å². The van der Waals surface area contributed by atoms with E-state index in [1.165, 1.54) is 4.68 Å². The maximum Gasteiger partial charge on any atom is 0.408 e. The molecule has 15 nitrogen and oxygen atoms in total. The van der Waals surface area contributed by atoms with Crippen LogP contribution in [0.3, 0.4) is 0 Å². The number of alkyl carbamates (subject to hydrolysis) is 2. The van der Waals surface area contributed by atoms with Crippen LogP contribution in [-0.4, -0.2) is 81.8 Å². The third-order valence-electron chi connectivity index (χ3n) is 7.23. The molecule has 0 aliphatic carbocycles. The van der Waals surface area contributed by atoms with E-state index in [4.69, 9.17) is 18.9 Å². The van der Waals surface area contributed by atoms with E-state index in [2.05, 4.69) is 31.5 Å². The van der Waals surface area contributed by atoms with Gasteiger partial charge in [0, 0.05) is 6.54 Å². The van der Waals surface area contributed by atoms with Crippen LogP contribution in [0.25, 0.3) is 0 Å². The molecule has 3 aromatic rings. The molecular weight excluding hydrogens is 646 g/mol. The van der Waals surface area contributed by atoms with Crippen molar-refractivity contribution in [3.05, 3.63) is 77.6 Å². The molecule has 15 heteroatoms. The van der Waals surface area contributed by atoms with Gasteiger partial charge in [0.2, 0.25) is 5.91 Å². The van der Waals surface area contributed by atoms with Gasteiger partial charge in [-0.25, -0.2) is 14.3 Å². The predicted molar refractivity (Wildman–Crippen MR) is 183 cm³/mol. The van der Waals surface area contributed by atoms with Crippen LogP contribution in [0, 0.1) is 0 Å². The van der Waals surface area contributed by atoms with Crippen molar-refractivity contribution in [1.82, 2.24) is 36.2 Å². The summed E-state index contributed by atoms with van der Waals surface area (Å²) in [6.45, 7) is 11.0. The lowest BCUT2D eigenvalue weighted by Gasteiger charge is -2.29. The zero-order valence-corrected chi connectivity index (χ0v) is 29.6. The molecule has 1 unspecified atom stereocenters. The van der Waals surface area contributed by atoms with Crippen LogP contribution >= 0.6 is 0 Å². The molecule has 3 N–H and O–H groups in total. The molecule has 50 heavy (non-hydrogen) atoms. The zero-order chi connectivity index (χ0) is 36.6. The molecule has 1 heterocycles. The molecule has 3 amide bonds. The molecule has 1 aromatic heterocycles. The van der Waals surface area contributed by atoms with E-state index in [0.717, 1.165) is 11.1 Å². The highest BCUT2D eigenvalue weighted by molar-refractivity contribution is 5.89. The Balaban J connectivity index is 1.48. The lowest BCUT2D eigenvalue weighted by Crippen LogP contribution is -2.56. The summed E-state index contributed by atoms with van der Waals surface area (Å²) >= 11 is 0. The van der Waals surface area contributed by atoms with Gasteiger partial charge in [0.25, 0.3) is 0 Å². The van der Waals surface area contributed by atoms with Gasteiger partial charge in [-0.2, -0.15) is 0 Å². The number of esters is 1. The number of aromatic nitrogens is 4. The first-order valence-electron chi connectivity index (χ1n) is 16.6. The number of hydrogen-bond donors (Lipinski definition) is 3. The van der Waals surface area contributed by atoms with Gasteiger partial charge in [0.05, 0.1) is 32.3 Å². The number of carbonyl (C=O) groups excluding carboxylic acids is 4. The third kappa shape index (κ3) is 13.8. The molecule has 3 rings (SSSR count).